The summed E-state index contributed by atoms with van der Waals surface area (Å²) in [6.07, 6.45) is 2.85. The lowest BCUT2D eigenvalue weighted by Gasteiger charge is -2.05. The number of carbonyl (C=O) groups excluding carboxylic acids is 1. The molecule has 20 heavy (non-hydrogen) atoms. The summed E-state index contributed by atoms with van der Waals surface area (Å²) in [6.45, 7) is 0.483. The first-order chi connectivity index (χ1) is 9.66. The number of aromatic carboxylic acids is 1. The van der Waals surface area contributed by atoms with Crippen LogP contribution in [0.25, 0.3) is 0 Å². The molecule has 7 nitrogen and oxygen atoms in total. The number of amides is 1. The summed E-state index contributed by atoms with van der Waals surface area (Å²) in [6, 6.07) is 5.93. The number of nitrogens with zero attached hydrogens (tertiary/aromatic N) is 2. The second kappa shape index (κ2) is 6.46. The predicted octanol–water partition coefficient (Wildman–Crippen LogP) is 0.865. The first-order valence-electron chi connectivity index (χ1n) is 6.12. The molecule has 1 aromatic heterocycles. The van der Waals surface area contributed by atoms with E-state index in [2.05, 4.69) is 20.5 Å². The van der Waals surface area contributed by atoms with E-state index in [1.165, 1.54) is 18.5 Å². The molecule has 0 aliphatic heterocycles. The van der Waals surface area contributed by atoms with Gasteiger partial charge in [0.25, 0.3) is 5.91 Å². The Kier molecular flexibility index (Phi) is 4.43. The number of hydrogen-bond acceptors (Lipinski definition) is 4. The quantitative estimate of drug-likeness (QED) is 0.677. The summed E-state index contributed by atoms with van der Waals surface area (Å²) in [5, 5.41) is 18.1. The number of H-pyrrole nitrogens is 1. The van der Waals surface area contributed by atoms with Gasteiger partial charge in [-0.15, -0.1) is 0 Å². The summed E-state index contributed by atoms with van der Waals surface area (Å²) in [7, 11) is 0. The lowest BCUT2D eigenvalue weighted by atomic mass is 10.1. The van der Waals surface area contributed by atoms with Crippen LogP contribution in [0.15, 0.2) is 30.6 Å². The minimum atomic E-state index is -1.05. The Hall–Kier alpha value is -2.70. The SMILES string of the molecule is O=C(O)c1cccc(C(=O)NCCCc2ncn[nH]2)c1. The van der Waals surface area contributed by atoms with Gasteiger partial charge < -0.3 is 10.4 Å². The topological polar surface area (TPSA) is 108 Å². The van der Waals surface area contributed by atoms with Gasteiger partial charge in [-0.2, -0.15) is 5.10 Å². The molecule has 0 saturated carbocycles. The van der Waals surface area contributed by atoms with E-state index in [1.54, 1.807) is 12.1 Å². The number of benzene rings is 1. The van der Waals surface area contributed by atoms with Gasteiger partial charge in [-0.25, -0.2) is 9.78 Å². The molecule has 0 unspecified atom stereocenters. The maximum absolute atomic E-state index is 11.8. The first kappa shape index (κ1) is 13.7. The van der Waals surface area contributed by atoms with Crippen LogP contribution in [0.3, 0.4) is 0 Å². The fourth-order valence-electron chi connectivity index (χ4n) is 1.70. The highest BCUT2D eigenvalue weighted by Crippen LogP contribution is 2.05. The first-order valence-corrected chi connectivity index (χ1v) is 6.12. The zero-order chi connectivity index (χ0) is 14.4. The molecular formula is C13H14N4O3. The van der Waals surface area contributed by atoms with Crippen molar-refractivity contribution in [2.75, 3.05) is 6.54 Å². The summed E-state index contributed by atoms with van der Waals surface area (Å²) in [5.74, 6) is -0.567. The van der Waals surface area contributed by atoms with Crippen molar-refractivity contribution in [1.29, 1.82) is 0 Å². The van der Waals surface area contributed by atoms with Crippen LogP contribution >= 0.6 is 0 Å². The number of carboxylic acid groups (broad SMARTS) is 1. The molecule has 0 aliphatic rings. The molecule has 1 heterocycles. The van der Waals surface area contributed by atoms with Gasteiger partial charge in [-0.1, -0.05) is 6.07 Å². The van der Waals surface area contributed by atoms with Gasteiger partial charge >= 0.3 is 5.97 Å². The maximum atomic E-state index is 11.8. The van der Waals surface area contributed by atoms with Gasteiger partial charge in [0.1, 0.15) is 12.2 Å². The van der Waals surface area contributed by atoms with Crippen LogP contribution in [0.2, 0.25) is 0 Å². The Labute approximate surface area is 115 Å². The number of carboxylic acids is 1. The average Bonchev–Trinajstić information content (AvgIpc) is 2.96. The number of aryl methyl sites for hydroxylation is 1. The van der Waals surface area contributed by atoms with Crippen molar-refractivity contribution in [3.8, 4) is 0 Å². The van der Waals surface area contributed by atoms with Gasteiger partial charge in [0.05, 0.1) is 5.56 Å². The molecule has 1 amide bonds. The zero-order valence-electron chi connectivity index (χ0n) is 10.7. The second-order valence-corrected chi connectivity index (χ2v) is 4.18. The third-order valence-electron chi connectivity index (χ3n) is 2.71. The fourth-order valence-corrected chi connectivity index (χ4v) is 1.70. The minimum Gasteiger partial charge on any atom is -0.478 e. The summed E-state index contributed by atoms with van der Waals surface area (Å²) in [4.78, 5) is 26.6. The lowest BCUT2D eigenvalue weighted by Crippen LogP contribution is -2.25. The number of aromatic nitrogens is 3. The Balaban J connectivity index is 1.82. The number of nitrogens with one attached hydrogen (secondary N) is 2. The lowest BCUT2D eigenvalue weighted by molar-refractivity contribution is 0.0697. The van der Waals surface area contributed by atoms with E-state index in [0.29, 0.717) is 18.5 Å². The molecule has 0 spiro atoms. The molecule has 2 rings (SSSR count). The minimum absolute atomic E-state index is 0.0966. The van der Waals surface area contributed by atoms with E-state index in [0.717, 1.165) is 12.2 Å². The molecule has 0 fully saturated rings. The van der Waals surface area contributed by atoms with Crippen LogP contribution in [0.4, 0.5) is 0 Å². The molecule has 0 radical (unpaired) electrons. The van der Waals surface area contributed by atoms with Gasteiger partial charge in [0.2, 0.25) is 0 Å². The zero-order valence-corrected chi connectivity index (χ0v) is 10.7. The third-order valence-corrected chi connectivity index (χ3v) is 2.71. The van der Waals surface area contributed by atoms with Gasteiger partial charge in [-0.05, 0) is 24.6 Å². The molecule has 3 N–H and O–H groups in total. The van der Waals surface area contributed by atoms with E-state index < -0.39 is 5.97 Å². The van der Waals surface area contributed by atoms with Gasteiger partial charge in [-0.3, -0.25) is 9.89 Å². The van der Waals surface area contributed by atoms with Crippen LogP contribution in [0, 0.1) is 0 Å². The molecule has 0 saturated heterocycles. The van der Waals surface area contributed by atoms with Crippen LogP contribution < -0.4 is 5.32 Å². The number of hydrogen-bond donors (Lipinski definition) is 3. The van der Waals surface area contributed by atoms with Gasteiger partial charge in [0, 0.05) is 18.5 Å². The molecular weight excluding hydrogens is 260 g/mol. The average molecular weight is 274 g/mol. The highest BCUT2D eigenvalue weighted by atomic mass is 16.4. The standard InChI is InChI=1S/C13H14N4O3/c18-12(9-3-1-4-10(7-9)13(19)20)14-6-2-5-11-15-8-16-17-11/h1,3-4,7-8H,2,5-6H2,(H,14,18)(H,19,20)(H,15,16,17). The van der Waals surface area contributed by atoms with Crippen LogP contribution in [0.5, 0.6) is 0 Å². The molecule has 0 aliphatic carbocycles. The Morgan fingerprint density at radius 3 is 2.80 bits per heavy atom. The third kappa shape index (κ3) is 3.64. The molecule has 1 aromatic carbocycles. The summed E-state index contributed by atoms with van der Waals surface area (Å²) in [5.41, 5.74) is 0.434. The Morgan fingerprint density at radius 1 is 1.30 bits per heavy atom. The largest absolute Gasteiger partial charge is 0.478 e. The van der Waals surface area contributed by atoms with Crippen LogP contribution in [-0.2, 0) is 6.42 Å². The normalized spacial score (nSPS) is 10.2. The van der Waals surface area contributed by atoms with E-state index in [-0.39, 0.29) is 11.5 Å². The maximum Gasteiger partial charge on any atom is 0.335 e. The summed E-state index contributed by atoms with van der Waals surface area (Å²) < 4.78 is 0. The van der Waals surface area contributed by atoms with E-state index in [4.69, 9.17) is 5.11 Å². The number of carbonyl (C=O) groups is 2. The van der Waals surface area contributed by atoms with E-state index in [9.17, 15) is 9.59 Å². The van der Waals surface area contributed by atoms with Crippen molar-refractivity contribution >= 4 is 11.9 Å². The number of rotatable bonds is 6. The molecule has 2 aromatic rings. The predicted molar refractivity (Wildman–Crippen MR) is 70.4 cm³/mol. The molecule has 0 bridgehead atoms. The van der Waals surface area contributed by atoms with Crippen LogP contribution in [-0.4, -0.2) is 38.7 Å². The highest BCUT2D eigenvalue weighted by molar-refractivity contribution is 5.97. The summed E-state index contributed by atoms with van der Waals surface area (Å²) >= 11 is 0. The van der Waals surface area contributed by atoms with Crippen molar-refractivity contribution in [3.05, 3.63) is 47.5 Å². The smallest absolute Gasteiger partial charge is 0.335 e. The molecule has 0 atom stereocenters. The van der Waals surface area contributed by atoms with Crippen molar-refractivity contribution in [3.63, 3.8) is 0 Å². The van der Waals surface area contributed by atoms with Crippen molar-refractivity contribution < 1.29 is 14.7 Å². The second-order valence-electron chi connectivity index (χ2n) is 4.18. The van der Waals surface area contributed by atoms with Crippen molar-refractivity contribution in [1.82, 2.24) is 20.5 Å². The molecule has 104 valence electrons. The Bertz CT molecular complexity index is 595. The van der Waals surface area contributed by atoms with Gasteiger partial charge in [0.15, 0.2) is 0 Å². The molecule has 7 heteroatoms. The van der Waals surface area contributed by atoms with Crippen molar-refractivity contribution in [2.24, 2.45) is 0 Å². The van der Waals surface area contributed by atoms with Crippen molar-refractivity contribution in [2.45, 2.75) is 12.8 Å². The highest BCUT2D eigenvalue weighted by Gasteiger charge is 2.08. The van der Waals surface area contributed by atoms with E-state index >= 15 is 0 Å². The number of aromatic amines is 1. The monoisotopic (exact) mass is 274 g/mol. The fraction of sp³-hybridized carbons (Fsp3) is 0.231. The van der Waals surface area contributed by atoms with Crippen LogP contribution in [0.1, 0.15) is 33.0 Å². The Morgan fingerprint density at radius 2 is 2.10 bits per heavy atom. The van der Waals surface area contributed by atoms with E-state index in [1.807, 2.05) is 0 Å².